The first-order valence-corrected chi connectivity index (χ1v) is 9.36. The number of rotatable bonds is 8. The highest BCUT2D eigenvalue weighted by Gasteiger charge is 2.49. The molecular formula is C22H26N2O4. The third-order valence-corrected chi connectivity index (χ3v) is 5.08. The second kappa shape index (κ2) is 8.78. The molecule has 1 fully saturated rings. The van der Waals surface area contributed by atoms with Crippen LogP contribution < -0.4 is 19.7 Å². The zero-order valence-corrected chi connectivity index (χ0v) is 16.5. The molecule has 0 radical (unpaired) electrons. The first-order chi connectivity index (χ1) is 13.5. The van der Waals surface area contributed by atoms with Gasteiger partial charge in [-0.25, -0.2) is 0 Å². The van der Waals surface area contributed by atoms with E-state index in [-0.39, 0.29) is 23.7 Å². The zero-order chi connectivity index (χ0) is 20.1. The Morgan fingerprint density at radius 1 is 1.04 bits per heavy atom. The van der Waals surface area contributed by atoms with Crippen LogP contribution in [0.2, 0.25) is 0 Å². The Bertz CT molecular complexity index is 838. The third kappa shape index (κ3) is 4.44. The van der Waals surface area contributed by atoms with Crippen LogP contribution in [0.5, 0.6) is 11.5 Å². The van der Waals surface area contributed by atoms with E-state index in [1.54, 1.807) is 26.2 Å². The van der Waals surface area contributed by atoms with Gasteiger partial charge in [0.25, 0.3) is 0 Å². The molecule has 2 aromatic carbocycles. The molecule has 2 atom stereocenters. The molecule has 28 heavy (non-hydrogen) atoms. The Hall–Kier alpha value is -3.02. The Morgan fingerprint density at radius 2 is 1.75 bits per heavy atom. The van der Waals surface area contributed by atoms with Crippen LogP contribution in [0.15, 0.2) is 48.5 Å². The van der Waals surface area contributed by atoms with Gasteiger partial charge in [-0.3, -0.25) is 9.59 Å². The standard InChI is InChI=1S/C22H26N2O4/c1-24(16-7-5-4-6-8-16)22(26)18-14-17(18)21(25)23-12-11-15-9-10-19(27-2)20(13-15)28-3/h4-10,13,17-18H,11-12,14H2,1-3H3,(H,23,25). The number of amides is 2. The van der Waals surface area contributed by atoms with Crippen LogP contribution in [0.3, 0.4) is 0 Å². The molecule has 0 spiro atoms. The number of methoxy groups -OCH3 is 2. The summed E-state index contributed by atoms with van der Waals surface area (Å²) in [6, 6.07) is 15.2. The molecule has 0 aliphatic heterocycles. The summed E-state index contributed by atoms with van der Waals surface area (Å²) in [4.78, 5) is 26.6. The van der Waals surface area contributed by atoms with Gasteiger partial charge < -0.3 is 19.7 Å². The Kier molecular flexibility index (Phi) is 6.19. The molecule has 1 saturated carbocycles. The van der Waals surface area contributed by atoms with Gasteiger partial charge in [-0.1, -0.05) is 24.3 Å². The minimum atomic E-state index is -0.232. The van der Waals surface area contributed by atoms with E-state index in [0.29, 0.717) is 30.9 Å². The lowest BCUT2D eigenvalue weighted by atomic mass is 10.1. The number of benzene rings is 2. The van der Waals surface area contributed by atoms with E-state index in [1.165, 1.54) is 0 Å². The minimum absolute atomic E-state index is 0.00811. The quantitative estimate of drug-likeness (QED) is 0.762. The molecule has 1 aliphatic carbocycles. The second-order valence-electron chi connectivity index (χ2n) is 6.91. The van der Waals surface area contributed by atoms with Crippen molar-refractivity contribution >= 4 is 17.5 Å². The summed E-state index contributed by atoms with van der Waals surface area (Å²) in [6.07, 6.45) is 1.29. The summed E-state index contributed by atoms with van der Waals surface area (Å²) in [5, 5.41) is 2.94. The van der Waals surface area contributed by atoms with E-state index in [4.69, 9.17) is 9.47 Å². The SMILES string of the molecule is COc1ccc(CCNC(=O)C2CC2C(=O)N(C)c2ccccc2)cc1OC. The van der Waals surface area contributed by atoms with Gasteiger partial charge in [0, 0.05) is 19.3 Å². The van der Waals surface area contributed by atoms with E-state index in [2.05, 4.69) is 5.32 Å². The first kappa shape index (κ1) is 19.7. The van der Waals surface area contributed by atoms with Crippen molar-refractivity contribution in [2.75, 3.05) is 32.7 Å². The summed E-state index contributed by atoms with van der Waals surface area (Å²) in [6.45, 7) is 0.514. The van der Waals surface area contributed by atoms with E-state index in [0.717, 1.165) is 11.3 Å². The number of para-hydroxylation sites is 1. The van der Waals surface area contributed by atoms with Crippen molar-refractivity contribution in [2.24, 2.45) is 11.8 Å². The number of ether oxygens (including phenoxy) is 2. The largest absolute Gasteiger partial charge is 0.493 e. The normalized spacial score (nSPS) is 17.5. The summed E-state index contributed by atoms with van der Waals surface area (Å²) in [5.41, 5.74) is 1.89. The van der Waals surface area contributed by atoms with E-state index < -0.39 is 0 Å². The number of hydrogen-bond donors (Lipinski definition) is 1. The van der Waals surface area contributed by atoms with Gasteiger partial charge in [-0.2, -0.15) is 0 Å². The minimum Gasteiger partial charge on any atom is -0.493 e. The molecule has 0 bridgehead atoms. The first-order valence-electron chi connectivity index (χ1n) is 9.36. The molecular weight excluding hydrogens is 356 g/mol. The van der Waals surface area contributed by atoms with Gasteiger partial charge in [0.2, 0.25) is 11.8 Å². The lowest BCUT2D eigenvalue weighted by Crippen LogP contribution is -2.32. The molecule has 3 rings (SSSR count). The van der Waals surface area contributed by atoms with Crippen molar-refractivity contribution in [3.8, 4) is 11.5 Å². The summed E-state index contributed by atoms with van der Waals surface area (Å²) < 4.78 is 10.5. The maximum Gasteiger partial charge on any atom is 0.230 e. The molecule has 0 heterocycles. The second-order valence-corrected chi connectivity index (χ2v) is 6.91. The van der Waals surface area contributed by atoms with Gasteiger partial charge >= 0.3 is 0 Å². The molecule has 148 valence electrons. The van der Waals surface area contributed by atoms with Gasteiger partial charge in [-0.05, 0) is 42.7 Å². The van der Waals surface area contributed by atoms with Gasteiger partial charge in [0.15, 0.2) is 11.5 Å². The van der Waals surface area contributed by atoms with Crippen molar-refractivity contribution in [1.29, 1.82) is 0 Å². The van der Waals surface area contributed by atoms with Crippen LogP contribution in [-0.4, -0.2) is 39.6 Å². The highest BCUT2D eigenvalue weighted by atomic mass is 16.5. The van der Waals surface area contributed by atoms with E-state index >= 15 is 0 Å². The lowest BCUT2D eigenvalue weighted by molar-refractivity contribution is -0.125. The van der Waals surface area contributed by atoms with Crippen molar-refractivity contribution in [2.45, 2.75) is 12.8 Å². The number of carbonyl (C=O) groups is 2. The fourth-order valence-corrected chi connectivity index (χ4v) is 3.28. The van der Waals surface area contributed by atoms with Crippen molar-refractivity contribution < 1.29 is 19.1 Å². The molecule has 0 saturated heterocycles. The monoisotopic (exact) mass is 382 g/mol. The summed E-state index contributed by atoms with van der Waals surface area (Å²) >= 11 is 0. The Balaban J connectivity index is 1.47. The van der Waals surface area contributed by atoms with Crippen molar-refractivity contribution in [1.82, 2.24) is 5.32 Å². The van der Waals surface area contributed by atoms with E-state index in [1.807, 2.05) is 48.5 Å². The topological polar surface area (TPSA) is 67.9 Å². The molecule has 2 aromatic rings. The Labute approximate surface area is 165 Å². The average molecular weight is 382 g/mol. The van der Waals surface area contributed by atoms with Crippen LogP contribution in [0.1, 0.15) is 12.0 Å². The predicted octanol–water partition coefficient (Wildman–Crippen LogP) is 2.66. The highest BCUT2D eigenvalue weighted by Crippen LogP contribution is 2.40. The van der Waals surface area contributed by atoms with Gasteiger partial charge in [0.05, 0.1) is 26.1 Å². The highest BCUT2D eigenvalue weighted by molar-refractivity contribution is 6.00. The van der Waals surface area contributed by atoms with Crippen LogP contribution in [0, 0.1) is 11.8 Å². The number of hydrogen-bond acceptors (Lipinski definition) is 4. The lowest BCUT2D eigenvalue weighted by Gasteiger charge is -2.17. The maximum absolute atomic E-state index is 12.6. The van der Waals surface area contributed by atoms with Gasteiger partial charge in [-0.15, -0.1) is 0 Å². The number of carbonyl (C=O) groups excluding carboxylic acids is 2. The van der Waals surface area contributed by atoms with Crippen LogP contribution in [0.4, 0.5) is 5.69 Å². The van der Waals surface area contributed by atoms with Crippen LogP contribution >= 0.6 is 0 Å². The van der Waals surface area contributed by atoms with Crippen LogP contribution in [0.25, 0.3) is 0 Å². The molecule has 0 aromatic heterocycles. The molecule has 2 unspecified atom stereocenters. The Morgan fingerprint density at radius 3 is 2.43 bits per heavy atom. The molecule has 6 heteroatoms. The molecule has 2 amide bonds. The molecule has 1 aliphatic rings. The summed E-state index contributed by atoms with van der Waals surface area (Å²) in [5.74, 6) is 0.821. The number of nitrogens with one attached hydrogen (secondary N) is 1. The number of nitrogens with zero attached hydrogens (tertiary/aromatic N) is 1. The number of anilines is 1. The zero-order valence-electron chi connectivity index (χ0n) is 16.5. The maximum atomic E-state index is 12.6. The van der Waals surface area contributed by atoms with Gasteiger partial charge in [0.1, 0.15) is 0 Å². The fourth-order valence-electron chi connectivity index (χ4n) is 3.28. The smallest absolute Gasteiger partial charge is 0.230 e. The van der Waals surface area contributed by atoms with Crippen molar-refractivity contribution in [3.05, 3.63) is 54.1 Å². The fraction of sp³-hybridized carbons (Fsp3) is 0.364. The van der Waals surface area contributed by atoms with Crippen LogP contribution in [-0.2, 0) is 16.0 Å². The van der Waals surface area contributed by atoms with E-state index in [9.17, 15) is 9.59 Å². The average Bonchev–Trinajstić information content (AvgIpc) is 3.54. The molecule has 1 N–H and O–H groups in total. The summed E-state index contributed by atoms with van der Waals surface area (Å²) in [7, 11) is 4.95. The molecule has 6 nitrogen and oxygen atoms in total. The van der Waals surface area contributed by atoms with Crippen molar-refractivity contribution in [3.63, 3.8) is 0 Å². The predicted molar refractivity (Wildman–Crippen MR) is 108 cm³/mol. The third-order valence-electron chi connectivity index (χ3n) is 5.08.